The fourth-order valence-corrected chi connectivity index (χ4v) is 3.84. The summed E-state index contributed by atoms with van der Waals surface area (Å²) in [5.41, 5.74) is 1.31. The fraction of sp³-hybridized carbons (Fsp3) is 0.600. The highest BCUT2D eigenvalue weighted by Crippen LogP contribution is 2.22. The second-order valence-electron chi connectivity index (χ2n) is 6.80. The van der Waals surface area contributed by atoms with Crippen molar-refractivity contribution in [3.05, 3.63) is 42.0 Å². The third kappa shape index (κ3) is 4.69. The minimum atomic E-state index is 0.879. The van der Waals surface area contributed by atoms with Crippen LogP contribution in [0.5, 0.6) is 0 Å². The predicted octanol–water partition coefficient (Wildman–Crippen LogP) is 4.04. The monoisotopic (exact) mass is 298 g/mol. The Balaban J connectivity index is 1.41. The number of benzene rings is 1. The maximum absolute atomic E-state index is 2.77. The molecule has 0 unspecified atom stereocenters. The van der Waals surface area contributed by atoms with Gasteiger partial charge in [0.15, 0.2) is 0 Å². The molecule has 2 fully saturated rings. The molecule has 2 aliphatic rings. The van der Waals surface area contributed by atoms with Crippen LogP contribution in [-0.4, -0.2) is 48.6 Å². The summed E-state index contributed by atoms with van der Waals surface area (Å²) in [6.07, 6.45) is 13.3. The minimum absolute atomic E-state index is 0.879. The number of nitrogens with zero attached hydrogens (tertiary/aromatic N) is 2. The molecule has 1 saturated carbocycles. The molecule has 1 saturated heterocycles. The Labute approximate surface area is 135 Å². The molecule has 1 aliphatic carbocycles. The number of rotatable bonds is 4. The summed E-state index contributed by atoms with van der Waals surface area (Å²) in [4.78, 5) is 5.36. The van der Waals surface area contributed by atoms with E-state index >= 15 is 0 Å². The van der Waals surface area contributed by atoms with Gasteiger partial charge in [-0.1, -0.05) is 68.2 Å². The maximum atomic E-state index is 2.77. The molecule has 0 atom stereocenters. The third-order valence-electron chi connectivity index (χ3n) is 5.22. The Hall–Kier alpha value is -1.12. The molecular formula is C20H30N2. The van der Waals surface area contributed by atoms with Crippen molar-refractivity contribution in [2.45, 2.75) is 44.6 Å². The molecule has 2 nitrogen and oxygen atoms in total. The van der Waals surface area contributed by atoms with E-state index in [0.29, 0.717) is 0 Å². The van der Waals surface area contributed by atoms with Crippen LogP contribution >= 0.6 is 0 Å². The van der Waals surface area contributed by atoms with Gasteiger partial charge in [-0.2, -0.15) is 0 Å². The molecule has 3 rings (SSSR count). The molecule has 120 valence electrons. The van der Waals surface area contributed by atoms with Crippen molar-refractivity contribution in [3.63, 3.8) is 0 Å². The Kier molecular flexibility index (Phi) is 6.09. The van der Waals surface area contributed by atoms with Gasteiger partial charge in [0, 0.05) is 38.8 Å². The SMILES string of the molecule is C(=Cc1ccccc1)CN1CCN(C2CCCCCC2)CC1. The number of hydrogen-bond donors (Lipinski definition) is 0. The van der Waals surface area contributed by atoms with E-state index in [1.54, 1.807) is 0 Å². The van der Waals surface area contributed by atoms with Gasteiger partial charge in [0.05, 0.1) is 0 Å². The van der Waals surface area contributed by atoms with Crippen molar-refractivity contribution in [3.8, 4) is 0 Å². The summed E-state index contributed by atoms with van der Waals surface area (Å²) in [6.45, 7) is 6.09. The quantitative estimate of drug-likeness (QED) is 0.774. The molecule has 1 aliphatic heterocycles. The van der Waals surface area contributed by atoms with Crippen molar-refractivity contribution >= 4 is 6.08 Å². The lowest BCUT2D eigenvalue weighted by Gasteiger charge is -2.38. The molecule has 1 aromatic rings. The highest BCUT2D eigenvalue weighted by Gasteiger charge is 2.23. The fourth-order valence-electron chi connectivity index (χ4n) is 3.84. The highest BCUT2D eigenvalue weighted by atomic mass is 15.3. The van der Waals surface area contributed by atoms with Crippen LogP contribution in [0.3, 0.4) is 0 Å². The molecule has 0 aromatic heterocycles. The van der Waals surface area contributed by atoms with E-state index in [0.717, 1.165) is 12.6 Å². The summed E-state index contributed by atoms with van der Waals surface area (Å²) < 4.78 is 0. The molecule has 0 amide bonds. The van der Waals surface area contributed by atoms with E-state index < -0.39 is 0 Å². The lowest BCUT2D eigenvalue weighted by atomic mass is 10.1. The first-order valence-electron chi connectivity index (χ1n) is 9.10. The summed E-state index contributed by atoms with van der Waals surface area (Å²) in [5, 5.41) is 0. The molecule has 1 heterocycles. The molecule has 0 bridgehead atoms. The topological polar surface area (TPSA) is 6.48 Å². The van der Waals surface area contributed by atoms with Crippen molar-refractivity contribution in [1.29, 1.82) is 0 Å². The maximum Gasteiger partial charge on any atom is 0.0167 e. The zero-order chi connectivity index (χ0) is 15.0. The van der Waals surface area contributed by atoms with Gasteiger partial charge >= 0.3 is 0 Å². The molecule has 22 heavy (non-hydrogen) atoms. The van der Waals surface area contributed by atoms with E-state index in [9.17, 15) is 0 Å². The van der Waals surface area contributed by atoms with Crippen molar-refractivity contribution < 1.29 is 0 Å². The summed E-state index contributed by atoms with van der Waals surface area (Å²) in [6, 6.07) is 11.5. The van der Waals surface area contributed by atoms with Crippen LogP contribution < -0.4 is 0 Å². The van der Waals surface area contributed by atoms with E-state index in [1.165, 1.54) is 70.3 Å². The van der Waals surface area contributed by atoms with E-state index in [1.807, 2.05) is 0 Å². The van der Waals surface area contributed by atoms with Gasteiger partial charge in [-0.15, -0.1) is 0 Å². The van der Waals surface area contributed by atoms with E-state index in [4.69, 9.17) is 0 Å². The van der Waals surface area contributed by atoms with Crippen molar-refractivity contribution in [2.24, 2.45) is 0 Å². The van der Waals surface area contributed by atoms with Gasteiger partial charge in [-0.05, 0) is 18.4 Å². The summed E-state index contributed by atoms with van der Waals surface area (Å²) in [7, 11) is 0. The normalized spacial score (nSPS) is 22.9. The predicted molar refractivity (Wildman–Crippen MR) is 95.0 cm³/mol. The minimum Gasteiger partial charge on any atom is -0.298 e. The van der Waals surface area contributed by atoms with Crippen LogP contribution in [0.4, 0.5) is 0 Å². The number of piperazine rings is 1. The zero-order valence-corrected chi connectivity index (χ0v) is 13.8. The van der Waals surface area contributed by atoms with Crippen LogP contribution in [0.2, 0.25) is 0 Å². The molecule has 0 spiro atoms. The molecular weight excluding hydrogens is 268 g/mol. The molecule has 1 aromatic carbocycles. The summed E-state index contributed by atoms with van der Waals surface area (Å²) >= 11 is 0. The van der Waals surface area contributed by atoms with Crippen LogP contribution in [0.15, 0.2) is 36.4 Å². The van der Waals surface area contributed by atoms with Gasteiger partial charge < -0.3 is 0 Å². The van der Waals surface area contributed by atoms with Crippen molar-refractivity contribution in [1.82, 2.24) is 9.80 Å². The first-order valence-corrected chi connectivity index (χ1v) is 9.10. The summed E-state index contributed by atoms with van der Waals surface area (Å²) in [5.74, 6) is 0. The Morgan fingerprint density at radius 1 is 0.864 bits per heavy atom. The standard InChI is InChI=1S/C20H30N2/c1-2-7-13-20(12-6-1)22-17-15-21(16-18-22)14-8-11-19-9-4-3-5-10-19/h3-5,8-11,20H,1-2,6-7,12-18H2. The van der Waals surface area contributed by atoms with Gasteiger partial charge in [0.1, 0.15) is 0 Å². The van der Waals surface area contributed by atoms with Crippen LogP contribution in [0.1, 0.15) is 44.1 Å². The Morgan fingerprint density at radius 3 is 2.23 bits per heavy atom. The van der Waals surface area contributed by atoms with Crippen LogP contribution in [-0.2, 0) is 0 Å². The Bertz CT molecular complexity index is 438. The third-order valence-corrected chi connectivity index (χ3v) is 5.22. The molecule has 0 radical (unpaired) electrons. The van der Waals surface area contributed by atoms with E-state index in [-0.39, 0.29) is 0 Å². The average Bonchev–Trinajstić information content (AvgIpc) is 2.86. The van der Waals surface area contributed by atoms with Gasteiger partial charge in [-0.25, -0.2) is 0 Å². The smallest absolute Gasteiger partial charge is 0.0167 e. The average molecular weight is 298 g/mol. The lowest BCUT2D eigenvalue weighted by molar-refractivity contribution is 0.0956. The highest BCUT2D eigenvalue weighted by molar-refractivity contribution is 5.48. The van der Waals surface area contributed by atoms with E-state index in [2.05, 4.69) is 52.3 Å². The first-order chi connectivity index (χ1) is 10.9. The number of hydrogen-bond acceptors (Lipinski definition) is 2. The largest absolute Gasteiger partial charge is 0.298 e. The van der Waals surface area contributed by atoms with Crippen molar-refractivity contribution in [2.75, 3.05) is 32.7 Å². The Morgan fingerprint density at radius 2 is 1.55 bits per heavy atom. The van der Waals surface area contributed by atoms with Gasteiger partial charge in [0.25, 0.3) is 0 Å². The second kappa shape index (κ2) is 8.50. The van der Waals surface area contributed by atoms with Gasteiger partial charge in [-0.3, -0.25) is 9.80 Å². The zero-order valence-electron chi connectivity index (χ0n) is 13.8. The molecule has 0 N–H and O–H groups in total. The molecule has 2 heteroatoms. The second-order valence-corrected chi connectivity index (χ2v) is 6.80. The lowest BCUT2D eigenvalue weighted by Crippen LogP contribution is -2.50. The van der Waals surface area contributed by atoms with Crippen LogP contribution in [0.25, 0.3) is 6.08 Å². The van der Waals surface area contributed by atoms with Crippen LogP contribution in [0, 0.1) is 0 Å². The first kappa shape index (κ1) is 15.8. The van der Waals surface area contributed by atoms with Gasteiger partial charge in [0.2, 0.25) is 0 Å².